The lowest BCUT2D eigenvalue weighted by Crippen LogP contribution is -2.34. The molecule has 144 valence electrons. The number of nitrogens with zero attached hydrogens (tertiary/aromatic N) is 1. The third kappa shape index (κ3) is 9.45. The van der Waals surface area contributed by atoms with E-state index in [9.17, 15) is 4.79 Å². The molecule has 0 saturated carbocycles. The smallest absolute Gasteiger partial charge is 0.221 e. The minimum atomic E-state index is -0.216. The molecule has 1 fully saturated rings. The largest absolute Gasteiger partial charge is 0.356 e. The maximum atomic E-state index is 11.9. The Morgan fingerprint density at radius 2 is 1.84 bits per heavy atom. The summed E-state index contributed by atoms with van der Waals surface area (Å²) in [5, 5.41) is 2.99. The number of rotatable bonds is 8. The maximum absolute atomic E-state index is 11.9. The van der Waals surface area contributed by atoms with E-state index < -0.39 is 0 Å². The number of carbonyl (C=O) groups is 1. The molecule has 1 unspecified atom stereocenters. The van der Waals surface area contributed by atoms with Crippen molar-refractivity contribution in [1.82, 2.24) is 10.2 Å². The standard InChI is InChI=1S/C19H31N3O.2ClH/c1-16-9-13-22(14-10-16)12-6-5-11-21-19(23)15-18(20)17-7-3-2-4-8-17;;/h2-4,7-8,16,18H,5-6,9-15,20H2,1H3,(H,21,23);2*1H. The summed E-state index contributed by atoms with van der Waals surface area (Å²) in [5.41, 5.74) is 7.08. The van der Waals surface area contributed by atoms with E-state index in [-0.39, 0.29) is 36.8 Å². The van der Waals surface area contributed by atoms with Gasteiger partial charge in [-0.1, -0.05) is 37.3 Å². The molecule has 4 nitrogen and oxygen atoms in total. The van der Waals surface area contributed by atoms with Crippen molar-refractivity contribution in [2.75, 3.05) is 26.2 Å². The Morgan fingerprint density at radius 1 is 1.20 bits per heavy atom. The quantitative estimate of drug-likeness (QED) is 0.668. The van der Waals surface area contributed by atoms with Crippen molar-refractivity contribution in [2.24, 2.45) is 11.7 Å². The number of likely N-dealkylation sites (tertiary alicyclic amines) is 1. The van der Waals surface area contributed by atoms with Gasteiger partial charge < -0.3 is 16.0 Å². The minimum absolute atomic E-state index is 0. The SMILES string of the molecule is CC1CCN(CCCCNC(=O)CC(N)c2ccccc2)CC1.Cl.Cl. The van der Waals surface area contributed by atoms with Gasteiger partial charge in [0.1, 0.15) is 0 Å². The number of benzene rings is 1. The Kier molecular flexibility index (Phi) is 13.0. The lowest BCUT2D eigenvalue weighted by atomic mass is 9.99. The van der Waals surface area contributed by atoms with Crippen LogP contribution in [0.4, 0.5) is 0 Å². The molecular weight excluding hydrogens is 357 g/mol. The fourth-order valence-electron chi connectivity index (χ4n) is 3.06. The Labute approximate surface area is 164 Å². The number of hydrogen-bond acceptors (Lipinski definition) is 3. The zero-order valence-corrected chi connectivity index (χ0v) is 16.8. The number of nitrogens with one attached hydrogen (secondary N) is 1. The van der Waals surface area contributed by atoms with Gasteiger partial charge in [-0.25, -0.2) is 0 Å². The molecular formula is C19H33Cl2N3O. The van der Waals surface area contributed by atoms with Crippen LogP contribution in [0, 0.1) is 5.92 Å². The molecule has 1 aliphatic heterocycles. The molecule has 1 atom stereocenters. The zero-order valence-electron chi connectivity index (χ0n) is 15.2. The van der Waals surface area contributed by atoms with Crippen molar-refractivity contribution in [3.8, 4) is 0 Å². The van der Waals surface area contributed by atoms with Crippen molar-refractivity contribution in [1.29, 1.82) is 0 Å². The van der Waals surface area contributed by atoms with Crippen molar-refractivity contribution in [3.05, 3.63) is 35.9 Å². The second-order valence-electron chi connectivity index (χ2n) is 6.80. The molecule has 3 N–H and O–H groups in total. The van der Waals surface area contributed by atoms with Crippen molar-refractivity contribution in [2.45, 2.75) is 45.1 Å². The van der Waals surface area contributed by atoms with Crippen LogP contribution in [0.15, 0.2) is 30.3 Å². The van der Waals surface area contributed by atoms with E-state index in [4.69, 9.17) is 5.73 Å². The Balaban J connectivity index is 0.00000288. The molecule has 2 rings (SSSR count). The summed E-state index contributed by atoms with van der Waals surface area (Å²) in [6.45, 7) is 6.72. The molecule has 1 aromatic carbocycles. The van der Waals surface area contributed by atoms with Gasteiger partial charge in [-0.15, -0.1) is 24.8 Å². The van der Waals surface area contributed by atoms with E-state index in [1.807, 2.05) is 30.3 Å². The van der Waals surface area contributed by atoms with Gasteiger partial charge in [0.05, 0.1) is 0 Å². The first-order valence-electron chi connectivity index (χ1n) is 8.94. The van der Waals surface area contributed by atoms with Gasteiger partial charge in [-0.2, -0.15) is 0 Å². The number of piperidine rings is 1. The highest BCUT2D eigenvalue weighted by Gasteiger charge is 2.15. The van der Waals surface area contributed by atoms with Gasteiger partial charge in [-0.05, 0) is 56.8 Å². The molecule has 0 aromatic heterocycles. The fraction of sp³-hybridized carbons (Fsp3) is 0.632. The van der Waals surface area contributed by atoms with E-state index in [0.717, 1.165) is 37.4 Å². The van der Waals surface area contributed by atoms with Gasteiger partial charge in [0.2, 0.25) is 5.91 Å². The molecule has 0 radical (unpaired) electrons. The average Bonchev–Trinajstić information content (AvgIpc) is 2.57. The molecule has 1 heterocycles. The van der Waals surface area contributed by atoms with Gasteiger partial charge >= 0.3 is 0 Å². The lowest BCUT2D eigenvalue weighted by Gasteiger charge is -2.30. The second kappa shape index (κ2) is 13.4. The monoisotopic (exact) mass is 389 g/mol. The summed E-state index contributed by atoms with van der Waals surface area (Å²) in [5.74, 6) is 0.938. The van der Waals surface area contributed by atoms with Gasteiger partial charge in [0.15, 0.2) is 0 Å². The van der Waals surface area contributed by atoms with Crippen molar-refractivity contribution < 1.29 is 4.79 Å². The Bertz CT molecular complexity index is 465. The van der Waals surface area contributed by atoms with Crippen molar-refractivity contribution in [3.63, 3.8) is 0 Å². The Morgan fingerprint density at radius 3 is 2.48 bits per heavy atom. The number of halogens is 2. The van der Waals surface area contributed by atoms with Gasteiger partial charge in [0, 0.05) is 19.0 Å². The molecule has 0 bridgehead atoms. The summed E-state index contributed by atoms with van der Waals surface area (Å²) in [6.07, 6.45) is 5.20. The van der Waals surface area contributed by atoms with Crippen LogP contribution in [0.1, 0.15) is 50.6 Å². The normalized spacial score (nSPS) is 16.4. The van der Waals surface area contributed by atoms with E-state index in [1.165, 1.54) is 25.9 Å². The number of amides is 1. The van der Waals surface area contributed by atoms with E-state index in [0.29, 0.717) is 6.42 Å². The maximum Gasteiger partial charge on any atom is 0.221 e. The summed E-state index contributed by atoms with van der Waals surface area (Å²) >= 11 is 0. The highest BCUT2D eigenvalue weighted by Crippen LogP contribution is 2.16. The predicted octanol–water partition coefficient (Wildman–Crippen LogP) is 3.55. The highest BCUT2D eigenvalue weighted by molar-refractivity contribution is 5.85. The van der Waals surface area contributed by atoms with Gasteiger partial charge in [-0.3, -0.25) is 4.79 Å². The summed E-state index contributed by atoms with van der Waals surface area (Å²) in [4.78, 5) is 14.5. The van der Waals surface area contributed by atoms with Crippen LogP contribution in [0.5, 0.6) is 0 Å². The molecule has 25 heavy (non-hydrogen) atoms. The Hall–Kier alpha value is -0.810. The summed E-state index contributed by atoms with van der Waals surface area (Å²) in [7, 11) is 0. The topological polar surface area (TPSA) is 58.4 Å². The third-order valence-corrected chi connectivity index (χ3v) is 4.73. The van der Waals surface area contributed by atoms with Crippen LogP contribution < -0.4 is 11.1 Å². The molecule has 0 spiro atoms. The zero-order chi connectivity index (χ0) is 16.5. The van der Waals surface area contributed by atoms with Crippen molar-refractivity contribution >= 4 is 30.7 Å². The van der Waals surface area contributed by atoms with Crippen LogP contribution in [-0.4, -0.2) is 37.0 Å². The van der Waals surface area contributed by atoms with E-state index >= 15 is 0 Å². The molecule has 0 aliphatic carbocycles. The average molecular weight is 390 g/mol. The van der Waals surface area contributed by atoms with Gasteiger partial charge in [0.25, 0.3) is 0 Å². The molecule has 1 aliphatic rings. The van der Waals surface area contributed by atoms with Crippen LogP contribution >= 0.6 is 24.8 Å². The molecule has 1 amide bonds. The summed E-state index contributed by atoms with van der Waals surface area (Å²) in [6, 6.07) is 9.59. The predicted molar refractivity (Wildman–Crippen MR) is 110 cm³/mol. The number of hydrogen-bond donors (Lipinski definition) is 2. The molecule has 1 aromatic rings. The minimum Gasteiger partial charge on any atom is -0.356 e. The molecule has 6 heteroatoms. The third-order valence-electron chi connectivity index (χ3n) is 4.73. The van der Waals surface area contributed by atoms with E-state index in [1.54, 1.807) is 0 Å². The first-order chi connectivity index (χ1) is 11.1. The lowest BCUT2D eigenvalue weighted by molar-refractivity contribution is -0.121. The first-order valence-corrected chi connectivity index (χ1v) is 8.94. The van der Waals surface area contributed by atoms with Crippen LogP contribution in [0.2, 0.25) is 0 Å². The van der Waals surface area contributed by atoms with Crippen LogP contribution in [-0.2, 0) is 4.79 Å². The summed E-state index contributed by atoms with van der Waals surface area (Å²) < 4.78 is 0. The molecule has 1 saturated heterocycles. The number of carbonyl (C=O) groups excluding carboxylic acids is 1. The first kappa shape index (κ1) is 24.2. The number of nitrogens with two attached hydrogens (primary N) is 1. The fourth-order valence-corrected chi connectivity index (χ4v) is 3.06. The second-order valence-corrected chi connectivity index (χ2v) is 6.80. The number of unbranched alkanes of at least 4 members (excludes halogenated alkanes) is 1. The van der Waals surface area contributed by atoms with Crippen LogP contribution in [0.25, 0.3) is 0 Å². The van der Waals surface area contributed by atoms with E-state index in [2.05, 4.69) is 17.1 Å². The van der Waals surface area contributed by atoms with Crippen LogP contribution in [0.3, 0.4) is 0 Å². The highest BCUT2D eigenvalue weighted by atomic mass is 35.5.